The molecule has 0 fully saturated rings. The third-order valence-corrected chi connectivity index (χ3v) is 1.88. The fraction of sp³-hybridized carbons (Fsp3) is 0.917. The van der Waals surface area contributed by atoms with Gasteiger partial charge in [-0.1, -0.05) is 13.3 Å². The molecule has 1 amide bonds. The van der Waals surface area contributed by atoms with Crippen molar-refractivity contribution in [1.29, 1.82) is 0 Å². The Bertz CT molecular complexity index is 155. The van der Waals surface area contributed by atoms with E-state index >= 15 is 0 Å². The molecule has 5 heteroatoms. The van der Waals surface area contributed by atoms with Crippen LogP contribution in [0.5, 0.6) is 0 Å². The molecule has 0 radical (unpaired) electrons. The standard InChI is InChI=1S/C8H18O3.C4H9NO/c1-2-3-5-10-7-8-11-6-4-9;1-4(6)5(2)3/h9H,2-8H2,1H3;1-3H3. The van der Waals surface area contributed by atoms with Gasteiger partial charge in [-0.2, -0.15) is 0 Å². The van der Waals surface area contributed by atoms with Crippen LogP contribution in [-0.4, -0.2) is 63.0 Å². The van der Waals surface area contributed by atoms with E-state index < -0.39 is 0 Å². The molecule has 0 bridgehead atoms. The molecule has 0 saturated heterocycles. The van der Waals surface area contributed by atoms with Gasteiger partial charge in [-0.3, -0.25) is 4.79 Å². The van der Waals surface area contributed by atoms with E-state index in [1.54, 1.807) is 14.1 Å². The van der Waals surface area contributed by atoms with Gasteiger partial charge in [0.15, 0.2) is 0 Å². The van der Waals surface area contributed by atoms with Crippen LogP contribution >= 0.6 is 0 Å². The molecule has 17 heavy (non-hydrogen) atoms. The highest BCUT2D eigenvalue weighted by molar-refractivity contribution is 5.72. The van der Waals surface area contributed by atoms with E-state index in [0.717, 1.165) is 19.4 Å². The van der Waals surface area contributed by atoms with E-state index in [-0.39, 0.29) is 12.5 Å². The molecule has 0 heterocycles. The van der Waals surface area contributed by atoms with Gasteiger partial charge < -0.3 is 19.5 Å². The summed E-state index contributed by atoms with van der Waals surface area (Å²) in [5.41, 5.74) is 0. The third kappa shape index (κ3) is 21.2. The lowest BCUT2D eigenvalue weighted by molar-refractivity contribution is -0.126. The Balaban J connectivity index is 0. The second kappa shape index (κ2) is 15.4. The van der Waals surface area contributed by atoms with Crippen molar-refractivity contribution in [3.63, 3.8) is 0 Å². The molecule has 5 nitrogen and oxygen atoms in total. The molecule has 0 spiro atoms. The third-order valence-electron chi connectivity index (χ3n) is 1.88. The summed E-state index contributed by atoms with van der Waals surface area (Å²) in [7, 11) is 3.45. The van der Waals surface area contributed by atoms with Crippen LogP contribution in [0.25, 0.3) is 0 Å². The highest BCUT2D eigenvalue weighted by Gasteiger charge is 1.88. The van der Waals surface area contributed by atoms with E-state index in [0.29, 0.717) is 19.8 Å². The first kappa shape index (κ1) is 18.7. The number of unbranched alkanes of at least 4 members (excludes halogenated alkanes) is 1. The van der Waals surface area contributed by atoms with E-state index in [1.165, 1.54) is 11.8 Å². The molecule has 104 valence electrons. The molecule has 0 aliphatic carbocycles. The molecular formula is C12H27NO4. The predicted octanol–water partition coefficient (Wildman–Crippen LogP) is 0.906. The number of carbonyl (C=O) groups excluding carboxylic acids is 1. The van der Waals surface area contributed by atoms with Gasteiger partial charge in [0, 0.05) is 27.6 Å². The highest BCUT2D eigenvalue weighted by atomic mass is 16.5. The summed E-state index contributed by atoms with van der Waals surface area (Å²) in [5, 5.41) is 8.34. The zero-order chi connectivity index (χ0) is 13.5. The maximum absolute atomic E-state index is 10.1. The molecule has 1 N–H and O–H groups in total. The SMILES string of the molecule is CC(=O)N(C)C.CCCCOCCOCCO. The first-order chi connectivity index (χ1) is 8.06. The van der Waals surface area contributed by atoms with Crippen LogP contribution in [0, 0.1) is 0 Å². The first-order valence-electron chi connectivity index (χ1n) is 6.00. The van der Waals surface area contributed by atoms with Crippen LogP contribution in [0.3, 0.4) is 0 Å². The van der Waals surface area contributed by atoms with E-state index in [2.05, 4.69) is 6.92 Å². The van der Waals surface area contributed by atoms with Gasteiger partial charge in [0.2, 0.25) is 5.91 Å². The Labute approximate surface area is 105 Å². The summed E-state index contributed by atoms with van der Waals surface area (Å²) in [6, 6.07) is 0. The highest BCUT2D eigenvalue weighted by Crippen LogP contribution is 1.87. The normalized spacial score (nSPS) is 9.47. The first-order valence-corrected chi connectivity index (χ1v) is 6.00. The smallest absolute Gasteiger partial charge is 0.218 e. The number of aliphatic hydroxyl groups excluding tert-OH is 1. The van der Waals surface area contributed by atoms with Crippen molar-refractivity contribution in [2.24, 2.45) is 0 Å². The number of hydrogen-bond acceptors (Lipinski definition) is 4. The monoisotopic (exact) mass is 249 g/mol. The number of hydrogen-bond donors (Lipinski definition) is 1. The molecule has 0 rings (SSSR count). The molecule has 0 unspecified atom stereocenters. The summed E-state index contributed by atoms with van der Waals surface area (Å²) >= 11 is 0. The average Bonchev–Trinajstić information content (AvgIpc) is 2.29. The van der Waals surface area contributed by atoms with Crippen LogP contribution in [0.2, 0.25) is 0 Å². The lowest BCUT2D eigenvalue weighted by Gasteiger charge is -2.02. The number of nitrogens with zero attached hydrogens (tertiary/aromatic N) is 1. The number of carbonyl (C=O) groups is 1. The summed E-state index contributed by atoms with van der Waals surface area (Å²) in [5.74, 6) is 0.0926. The molecule has 0 aliphatic rings. The summed E-state index contributed by atoms with van der Waals surface area (Å²) in [6.45, 7) is 6.21. The summed E-state index contributed by atoms with van der Waals surface area (Å²) in [4.78, 5) is 11.6. The summed E-state index contributed by atoms with van der Waals surface area (Å²) < 4.78 is 10.2. The van der Waals surface area contributed by atoms with Crippen molar-refractivity contribution in [2.45, 2.75) is 26.7 Å². The van der Waals surface area contributed by atoms with Gasteiger partial charge in [0.05, 0.1) is 26.4 Å². The van der Waals surface area contributed by atoms with Crippen LogP contribution in [0.15, 0.2) is 0 Å². The molecule has 0 aromatic heterocycles. The lowest BCUT2D eigenvalue weighted by atomic mass is 10.4. The second-order valence-corrected chi connectivity index (χ2v) is 3.72. The molecular weight excluding hydrogens is 222 g/mol. The van der Waals surface area contributed by atoms with Gasteiger partial charge >= 0.3 is 0 Å². The topological polar surface area (TPSA) is 59.0 Å². The minimum Gasteiger partial charge on any atom is -0.394 e. The van der Waals surface area contributed by atoms with Crippen LogP contribution in [0.4, 0.5) is 0 Å². The van der Waals surface area contributed by atoms with Crippen molar-refractivity contribution >= 4 is 5.91 Å². The van der Waals surface area contributed by atoms with Crippen molar-refractivity contribution < 1.29 is 19.4 Å². The van der Waals surface area contributed by atoms with Gasteiger partial charge in [-0.15, -0.1) is 0 Å². The van der Waals surface area contributed by atoms with Crippen molar-refractivity contribution in [3.05, 3.63) is 0 Å². The Morgan fingerprint density at radius 3 is 1.94 bits per heavy atom. The number of rotatable bonds is 8. The van der Waals surface area contributed by atoms with Crippen LogP contribution in [-0.2, 0) is 14.3 Å². The lowest BCUT2D eigenvalue weighted by Crippen LogP contribution is -2.17. The van der Waals surface area contributed by atoms with Crippen molar-refractivity contribution in [3.8, 4) is 0 Å². The number of aliphatic hydroxyl groups is 1. The zero-order valence-electron chi connectivity index (χ0n) is 11.6. The molecule has 0 atom stereocenters. The maximum Gasteiger partial charge on any atom is 0.218 e. The molecule has 0 aromatic carbocycles. The average molecular weight is 249 g/mol. The van der Waals surface area contributed by atoms with E-state index in [9.17, 15) is 4.79 Å². The zero-order valence-corrected chi connectivity index (χ0v) is 11.6. The molecule has 0 saturated carbocycles. The second-order valence-electron chi connectivity index (χ2n) is 3.72. The van der Waals surface area contributed by atoms with Crippen LogP contribution < -0.4 is 0 Å². The minimum absolute atomic E-state index is 0.0922. The maximum atomic E-state index is 10.1. The predicted molar refractivity (Wildman–Crippen MR) is 68.0 cm³/mol. The fourth-order valence-corrected chi connectivity index (χ4v) is 0.633. The quantitative estimate of drug-likeness (QED) is 0.650. The molecule has 0 aromatic rings. The Morgan fingerprint density at radius 2 is 1.59 bits per heavy atom. The van der Waals surface area contributed by atoms with Gasteiger partial charge in [0.1, 0.15) is 0 Å². The van der Waals surface area contributed by atoms with Crippen molar-refractivity contribution in [1.82, 2.24) is 4.90 Å². The minimum atomic E-state index is 0.0922. The number of amides is 1. The largest absolute Gasteiger partial charge is 0.394 e. The van der Waals surface area contributed by atoms with Gasteiger partial charge in [-0.05, 0) is 6.42 Å². The number of ether oxygens (including phenoxy) is 2. The Hall–Kier alpha value is -0.650. The molecule has 0 aliphatic heterocycles. The van der Waals surface area contributed by atoms with E-state index in [1.807, 2.05) is 0 Å². The van der Waals surface area contributed by atoms with Crippen molar-refractivity contribution in [2.75, 3.05) is 47.1 Å². The fourth-order valence-electron chi connectivity index (χ4n) is 0.633. The van der Waals surface area contributed by atoms with Gasteiger partial charge in [0.25, 0.3) is 0 Å². The Kier molecular flexibility index (Phi) is 16.9. The van der Waals surface area contributed by atoms with Gasteiger partial charge in [-0.25, -0.2) is 0 Å². The Morgan fingerprint density at radius 1 is 1.12 bits per heavy atom. The van der Waals surface area contributed by atoms with E-state index in [4.69, 9.17) is 14.6 Å². The van der Waals surface area contributed by atoms with Crippen LogP contribution in [0.1, 0.15) is 26.7 Å². The summed E-state index contributed by atoms with van der Waals surface area (Å²) in [6.07, 6.45) is 2.28.